The van der Waals surface area contributed by atoms with Gasteiger partial charge in [-0.3, -0.25) is 4.79 Å². The molecule has 3 amide bonds. The number of amides is 3. The van der Waals surface area contributed by atoms with Crippen LogP contribution in [-0.2, 0) is 0 Å². The number of benzene rings is 2. The highest BCUT2D eigenvalue weighted by molar-refractivity contribution is 9.10. The van der Waals surface area contributed by atoms with Gasteiger partial charge in [0.15, 0.2) is 0 Å². The van der Waals surface area contributed by atoms with Crippen molar-refractivity contribution in [2.45, 2.75) is 6.92 Å². The van der Waals surface area contributed by atoms with E-state index in [4.69, 9.17) is 5.73 Å². The molecule has 0 aromatic heterocycles. The van der Waals surface area contributed by atoms with Gasteiger partial charge in [-0.15, -0.1) is 0 Å². The number of primary amides is 1. The van der Waals surface area contributed by atoms with Crippen LogP contribution in [0.25, 0.3) is 0 Å². The summed E-state index contributed by atoms with van der Waals surface area (Å²) in [6, 6.07) is 11.5. The van der Waals surface area contributed by atoms with Crippen LogP contribution in [0.4, 0.5) is 16.2 Å². The normalized spacial score (nSPS) is 10.0. The van der Waals surface area contributed by atoms with Gasteiger partial charge in [-0.05, 0) is 42.8 Å². The number of nitrogens with one attached hydrogen (secondary N) is 2. The maximum Gasteiger partial charge on any atom is 0.316 e. The van der Waals surface area contributed by atoms with Gasteiger partial charge in [0.05, 0.1) is 0 Å². The van der Waals surface area contributed by atoms with Gasteiger partial charge in [0, 0.05) is 21.4 Å². The average molecular weight is 348 g/mol. The van der Waals surface area contributed by atoms with Crippen LogP contribution in [0.2, 0.25) is 0 Å². The monoisotopic (exact) mass is 347 g/mol. The molecule has 0 unspecified atom stereocenters. The topological polar surface area (TPSA) is 84.2 Å². The van der Waals surface area contributed by atoms with Crippen LogP contribution < -0.4 is 16.4 Å². The van der Waals surface area contributed by atoms with Gasteiger partial charge in [-0.1, -0.05) is 28.1 Å². The Morgan fingerprint density at radius 3 is 2.33 bits per heavy atom. The van der Waals surface area contributed by atoms with E-state index in [0.717, 1.165) is 10.0 Å². The lowest BCUT2D eigenvalue weighted by Crippen LogP contribution is -2.19. The maximum absolute atomic E-state index is 12.2. The van der Waals surface area contributed by atoms with E-state index < -0.39 is 6.03 Å². The van der Waals surface area contributed by atoms with E-state index in [-0.39, 0.29) is 5.91 Å². The number of rotatable bonds is 3. The summed E-state index contributed by atoms with van der Waals surface area (Å²) in [6.07, 6.45) is 0. The minimum atomic E-state index is -0.652. The van der Waals surface area contributed by atoms with Crippen molar-refractivity contribution in [1.29, 1.82) is 0 Å². The third kappa shape index (κ3) is 4.06. The van der Waals surface area contributed by atoms with Crippen molar-refractivity contribution in [2.75, 3.05) is 10.6 Å². The highest BCUT2D eigenvalue weighted by atomic mass is 79.9. The quantitative estimate of drug-likeness (QED) is 0.793. The minimum Gasteiger partial charge on any atom is -0.351 e. The van der Waals surface area contributed by atoms with Gasteiger partial charge in [0.1, 0.15) is 0 Å². The Labute approximate surface area is 130 Å². The number of carbonyl (C=O) groups excluding carboxylic acids is 2. The first-order chi connectivity index (χ1) is 9.95. The summed E-state index contributed by atoms with van der Waals surface area (Å²) < 4.78 is 0.874. The number of urea groups is 1. The molecule has 0 aliphatic rings. The van der Waals surface area contributed by atoms with Crippen LogP contribution in [-0.4, -0.2) is 11.9 Å². The summed E-state index contributed by atoms with van der Waals surface area (Å²) in [4.78, 5) is 23.0. The summed E-state index contributed by atoms with van der Waals surface area (Å²) in [5.41, 5.74) is 7.74. The number of anilines is 2. The van der Waals surface area contributed by atoms with Gasteiger partial charge in [0.25, 0.3) is 5.91 Å². The summed E-state index contributed by atoms with van der Waals surface area (Å²) in [5, 5.41) is 5.22. The first-order valence-corrected chi connectivity index (χ1v) is 6.99. The van der Waals surface area contributed by atoms with Crippen molar-refractivity contribution < 1.29 is 9.59 Å². The van der Waals surface area contributed by atoms with E-state index in [1.54, 1.807) is 36.4 Å². The molecule has 4 N–H and O–H groups in total. The van der Waals surface area contributed by atoms with Crippen LogP contribution in [0.1, 0.15) is 15.9 Å². The molecule has 0 radical (unpaired) electrons. The third-order valence-electron chi connectivity index (χ3n) is 2.82. The lowest BCUT2D eigenvalue weighted by Gasteiger charge is -2.08. The van der Waals surface area contributed by atoms with Crippen molar-refractivity contribution in [3.05, 3.63) is 58.1 Å². The molecule has 0 spiro atoms. The van der Waals surface area contributed by atoms with Gasteiger partial charge in [-0.25, -0.2) is 4.79 Å². The molecule has 2 rings (SSSR count). The number of hydrogen-bond acceptors (Lipinski definition) is 2. The van der Waals surface area contributed by atoms with E-state index in [9.17, 15) is 9.59 Å². The summed E-state index contributed by atoms with van der Waals surface area (Å²) in [6.45, 7) is 1.95. The number of carbonyl (C=O) groups is 2. The Kier molecular flexibility index (Phi) is 4.59. The Balaban J connectivity index is 2.15. The molecule has 0 fully saturated rings. The van der Waals surface area contributed by atoms with Crippen LogP contribution in [0.3, 0.4) is 0 Å². The van der Waals surface area contributed by atoms with Gasteiger partial charge < -0.3 is 16.4 Å². The fourth-order valence-corrected chi connectivity index (χ4v) is 2.13. The van der Waals surface area contributed by atoms with Crippen molar-refractivity contribution in [3.63, 3.8) is 0 Å². The van der Waals surface area contributed by atoms with Crippen LogP contribution >= 0.6 is 15.9 Å². The molecule has 108 valence electrons. The second kappa shape index (κ2) is 6.41. The van der Waals surface area contributed by atoms with Gasteiger partial charge >= 0.3 is 6.03 Å². The molecule has 2 aromatic carbocycles. The fourth-order valence-electron chi connectivity index (χ4n) is 1.75. The molecule has 0 heterocycles. The summed E-state index contributed by atoms with van der Waals surface area (Å²) in [5.74, 6) is -0.230. The third-order valence-corrected chi connectivity index (χ3v) is 3.68. The van der Waals surface area contributed by atoms with E-state index >= 15 is 0 Å². The van der Waals surface area contributed by atoms with Crippen molar-refractivity contribution in [3.8, 4) is 0 Å². The molecule has 0 aliphatic heterocycles. The molecule has 0 bridgehead atoms. The molecule has 2 aromatic rings. The van der Waals surface area contributed by atoms with Gasteiger partial charge in [0.2, 0.25) is 0 Å². The standard InChI is InChI=1S/C15H14BrN3O2/c1-9-5-6-10(7-13(9)16)14(20)18-11-3-2-4-12(8-11)19-15(17)21/h2-8H,1H3,(H,18,20)(H3,17,19,21). The molecule has 6 heteroatoms. The zero-order chi connectivity index (χ0) is 15.4. The zero-order valence-corrected chi connectivity index (χ0v) is 12.9. The molecule has 0 saturated heterocycles. The van der Waals surface area contributed by atoms with Crippen molar-refractivity contribution >= 4 is 39.2 Å². The van der Waals surface area contributed by atoms with E-state index in [1.807, 2.05) is 13.0 Å². The lowest BCUT2D eigenvalue weighted by molar-refractivity contribution is 0.102. The maximum atomic E-state index is 12.2. The number of nitrogens with two attached hydrogens (primary N) is 1. The number of hydrogen-bond donors (Lipinski definition) is 3. The largest absolute Gasteiger partial charge is 0.351 e. The average Bonchev–Trinajstić information content (AvgIpc) is 2.41. The predicted molar refractivity (Wildman–Crippen MR) is 86.5 cm³/mol. The van der Waals surface area contributed by atoms with Crippen LogP contribution in [0, 0.1) is 6.92 Å². The lowest BCUT2D eigenvalue weighted by atomic mass is 10.1. The molecular formula is C15H14BrN3O2. The van der Waals surface area contributed by atoms with E-state index in [0.29, 0.717) is 16.9 Å². The molecule has 0 atom stereocenters. The Morgan fingerprint density at radius 1 is 1.05 bits per heavy atom. The molecule has 0 saturated carbocycles. The Morgan fingerprint density at radius 2 is 1.71 bits per heavy atom. The first kappa shape index (κ1) is 15.1. The SMILES string of the molecule is Cc1ccc(C(=O)Nc2cccc(NC(N)=O)c2)cc1Br. The van der Waals surface area contributed by atoms with Crippen molar-refractivity contribution in [1.82, 2.24) is 0 Å². The highest BCUT2D eigenvalue weighted by Crippen LogP contribution is 2.19. The second-order valence-electron chi connectivity index (χ2n) is 4.49. The Hall–Kier alpha value is -2.34. The van der Waals surface area contributed by atoms with Crippen molar-refractivity contribution in [2.24, 2.45) is 5.73 Å². The van der Waals surface area contributed by atoms with E-state index in [1.165, 1.54) is 0 Å². The molecule has 21 heavy (non-hydrogen) atoms. The molecular weight excluding hydrogens is 334 g/mol. The molecule has 0 aliphatic carbocycles. The predicted octanol–water partition coefficient (Wildman–Crippen LogP) is 3.50. The molecule has 5 nitrogen and oxygen atoms in total. The Bertz CT molecular complexity index is 701. The second-order valence-corrected chi connectivity index (χ2v) is 5.34. The smallest absolute Gasteiger partial charge is 0.316 e. The highest BCUT2D eigenvalue weighted by Gasteiger charge is 2.08. The number of aryl methyl sites for hydroxylation is 1. The van der Waals surface area contributed by atoms with Gasteiger partial charge in [-0.2, -0.15) is 0 Å². The van der Waals surface area contributed by atoms with Crippen LogP contribution in [0.15, 0.2) is 46.9 Å². The minimum absolute atomic E-state index is 0.230. The number of halogens is 1. The zero-order valence-electron chi connectivity index (χ0n) is 11.3. The fraction of sp³-hybridized carbons (Fsp3) is 0.0667. The first-order valence-electron chi connectivity index (χ1n) is 6.20. The summed E-state index contributed by atoms with van der Waals surface area (Å²) in [7, 11) is 0. The van der Waals surface area contributed by atoms with E-state index in [2.05, 4.69) is 26.6 Å². The van der Waals surface area contributed by atoms with Crippen LogP contribution in [0.5, 0.6) is 0 Å². The summed E-state index contributed by atoms with van der Waals surface area (Å²) >= 11 is 3.40.